The van der Waals surface area contributed by atoms with Crippen molar-refractivity contribution in [3.05, 3.63) is 0 Å². The molecule has 0 spiro atoms. The Morgan fingerprint density at radius 3 is 2.37 bits per heavy atom. The number of thioether (sulfide) groups is 1. The van der Waals surface area contributed by atoms with E-state index in [1.54, 1.807) is 4.90 Å². The lowest BCUT2D eigenvalue weighted by molar-refractivity contribution is -0.143. The highest BCUT2D eigenvalue weighted by molar-refractivity contribution is 8.00. The van der Waals surface area contributed by atoms with Gasteiger partial charge in [0.1, 0.15) is 0 Å². The lowest BCUT2D eigenvalue weighted by Crippen LogP contribution is -2.46. The molecule has 0 bridgehead atoms. The summed E-state index contributed by atoms with van der Waals surface area (Å²) in [5.41, 5.74) is 0. The molecule has 1 fully saturated rings. The molecule has 1 aliphatic rings. The van der Waals surface area contributed by atoms with E-state index in [9.17, 15) is 9.59 Å². The second kappa shape index (κ2) is 7.03. The van der Waals surface area contributed by atoms with Crippen molar-refractivity contribution >= 4 is 23.8 Å². The summed E-state index contributed by atoms with van der Waals surface area (Å²) < 4.78 is 0.213. The van der Waals surface area contributed by atoms with Crippen LogP contribution in [-0.2, 0) is 4.79 Å². The SMILES string of the molecule is CC(C)(C)SCCNC(=O)N1CCC(C(=O)O)CC1. The molecule has 1 rings (SSSR count). The molecule has 0 saturated carbocycles. The van der Waals surface area contributed by atoms with Crippen molar-refractivity contribution < 1.29 is 14.7 Å². The molecule has 0 aromatic rings. The molecule has 6 heteroatoms. The Labute approximate surface area is 119 Å². The lowest BCUT2D eigenvalue weighted by atomic mass is 9.97. The fraction of sp³-hybridized carbons (Fsp3) is 0.846. The number of rotatable bonds is 4. The van der Waals surface area contributed by atoms with Crippen LogP contribution in [0.5, 0.6) is 0 Å². The fourth-order valence-corrected chi connectivity index (χ4v) is 2.77. The van der Waals surface area contributed by atoms with Gasteiger partial charge in [0.15, 0.2) is 0 Å². The second-order valence-corrected chi connectivity index (χ2v) is 7.71. The third-order valence-electron chi connectivity index (χ3n) is 3.04. The van der Waals surface area contributed by atoms with E-state index in [1.165, 1.54) is 0 Å². The second-order valence-electron chi connectivity index (χ2n) is 5.79. The van der Waals surface area contributed by atoms with Crippen LogP contribution in [0.3, 0.4) is 0 Å². The zero-order chi connectivity index (χ0) is 14.5. The smallest absolute Gasteiger partial charge is 0.317 e. The van der Waals surface area contributed by atoms with E-state index in [2.05, 4.69) is 26.1 Å². The van der Waals surface area contributed by atoms with Gasteiger partial charge in [-0.2, -0.15) is 11.8 Å². The number of carbonyl (C=O) groups is 2. The van der Waals surface area contributed by atoms with Crippen LogP contribution in [0.4, 0.5) is 4.79 Å². The van der Waals surface area contributed by atoms with Gasteiger partial charge in [-0.25, -0.2) is 4.79 Å². The maximum Gasteiger partial charge on any atom is 0.317 e. The molecule has 0 aromatic carbocycles. The molecule has 110 valence electrons. The summed E-state index contributed by atoms with van der Waals surface area (Å²) in [7, 11) is 0. The van der Waals surface area contributed by atoms with Gasteiger partial charge in [-0.15, -0.1) is 0 Å². The average Bonchev–Trinajstić information content (AvgIpc) is 2.33. The number of carbonyl (C=O) groups excluding carboxylic acids is 1. The van der Waals surface area contributed by atoms with Crippen LogP contribution in [-0.4, -0.2) is 52.1 Å². The van der Waals surface area contributed by atoms with Crippen molar-refractivity contribution in [2.45, 2.75) is 38.4 Å². The molecule has 2 N–H and O–H groups in total. The van der Waals surface area contributed by atoms with E-state index >= 15 is 0 Å². The Morgan fingerprint density at radius 1 is 1.32 bits per heavy atom. The molecule has 2 amide bonds. The van der Waals surface area contributed by atoms with E-state index in [1.807, 2.05) is 11.8 Å². The van der Waals surface area contributed by atoms with Crippen LogP contribution in [0, 0.1) is 5.92 Å². The zero-order valence-corrected chi connectivity index (χ0v) is 12.8. The first kappa shape index (κ1) is 16.1. The molecule has 5 nitrogen and oxygen atoms in total. The molecule has 1 heterocycles. The van der Waals surface area contributed by atoms with Gasteiger partial charge in [-0.3, -0.25) is 4.79 Å². The molecule has 0 aromatic heterocycles. The number of piperidine rings is 1. The Hall–Kier alpha value is -0.910. The number of amides is 2. The number of aliphatic carboxylic acids is 1. The Bertz CT molecular complexity index is 320. The van der Waals surface area contributed by atoms with Crippen molar-refractivity contribution in [2.75, 3.05) is 25.4 Å². The summed E-state index contributed by atoms with van der Waals surface area (Å²) in [6.45, 7) is 8.17. The number of hydrogen-bond donors (Lipinski definition) is 2. The van der Waals surface area contributed by atoms with E-state index in [4.69, 9.17) is 5.11 Å². The number of likely N-dealkylation sites (tertiary alicyclic amines) is 1. The summed E-state index contributed by atoms with van der Waals surface area (Å²) in [6, 6.07) is -0.0710. The molecular weight excluding hydrogens is 264 g/mol. The van der Waals surface area contributed by atoms with E-state index in [-0.39, 0.29) is 16.7 Å². The highest BCUT2D eigenvalue weighted by atomic mass is 32.2. The Kier molecular flexibility index (Phi) is 5.97. The Morgan fingerprint density at radius 2 is 1.89 bits per heavy atom. The predicted molar refractivity (Wildman–Crippen MR) is 77.5 cm³/mol. The average molecular weight is 288 g/mol. The number of nitrogens with zero attached hydrogens (tertiary/aromatic N) is 1. The number of hydrogen-bond acceptors (Lipinski definition) is 3. The van der Waals surface area contributed by atoms with E-state index in [0.29, 0.717) is 32.5 Å². The van der Waals surface area contributed by atoms with Gasteiger partial charge in [0.25, 0.3) is 0 Å². The first-order valence-electron chi connectivity index (χ1n) is 6.69. The minimum Gasteiger partial charge on any atom is -0.481 e. The lowest BCUT2D eigenvalue weighted by Gasteiger charge is -2.30. The molecular formula is C13H24N2O3S. The van der Waals surface area contributed by atoms with Gasteiger partial charge in [0.2, 0.25) is 0 Å². The molecule has 0 atom stereocenters. The molecule has 1 aliphatic heterocycles. The highest BCUT2D eigenvalue weighted by Crippen LogP contribution is 2.22. The van der Waals surface area contributed by atoms with Gasteiger partial charge in [0.05, 0.1) is 5.92 Å². The summed E-state index contributed by atoms with van der Waals surface area (Å²) in [6.07, 6.45) is 1.11. The molecule has 0 aliphatic carbocycles. The number of carboxylic acid groups (broad SMARTS) is 1. The third-order valence-corrected chi connectivity index (χ3v) is 4.32. The maximum absolute atomic E-state index is 11.9. The fourth-order valence-electron chi connectivity index (χ4n) is 1.96. The minimum atomic E-state index is -0.748. The predicted octanol–water partition coefficient (Wildman–Crippen LogP) is 2.02. The van der Waals surface area contributed by atoms with Crippen LogP contribution in [0.2, 0.25) is 0 Å². The van der Waals surface area contributed by atoms with Gasteiger partial charge < -0.3 is 15.3 Å². The van der Waals surface area contributed by atoms with Crippen LogP contribution in [0.1, 0.15) is 33.6 Å². The normalized spacial score (nSPS) is 17.3. The van der Waals surface area contributed by atoms with Gasteiger partial charge >= 0.3 is 12.0 Å². The molecule has 1 saturated heterocycles. The molecule has 19 heavy (non-hydrogen) atoms. The quantitative estimate of drug-likeness (QED) is 0.777. The number of nitrogens with one attached hydrogen (secondary N) is 1. The monoisotopic (exact) mass is 288 g/mol. The number of urea groups is 1. The van der Waals surface area contributed by atoms with E-state index < -0.39 is 5.97 Å². The van der Waals surface area contributed by atoms with Crippen molar-refractivity contribution in [3.63, 3.8) is 0 Å². The highest BCUT2D eigenvalue weighted by Gasteiger charge is 2.26. The van der Waals surface area contributed by atoms with Crippen LogP contribution in [0.25, 0.3) is 0 Å². The van der Waals surface area contributed by atoms with Gasteiger partial charge in [-0.05, 0) is 12.8 Å². The van der Waals surface area contributed by atoms with E-state index in [0.717, 1.165) is 5.75 Å². The maximum atomic E-state index is 11.9. The topological polar surface area (TPSA) is 69.6 Å². The first-order chi connectivity index (χ1) is 8.79. The largest absolute Gasteiger partial charge is 0.481 e. The van der Waals surface area contributed by atoms with Crippen molar-refractivity contribution in [2.24, 2.45) is 5.92 Å². The molecule has 0 unspecified atom stereocenters. The van der Waals surface area contributed by atoms with Crippen LogP contribution >= 0.6 is 11.8 Å². The van der Waals surface area contributed by atoms with Crippen molar-refractivity contribution in [3.8, 4) is 0 Å². The standard InChI is InChI=1S/C13H24N2O3S/c1-13(2,3)19-9-6-14-12(18)15-7-4-10(5-8-15)11(16)17/h10H,4-9H2,1-3H3,(H,14,18)(H,16,17). The van der Waals surface area contributed by atoms with Gasteiger partial charge in [0, 0.05) is 30.1 Å². The summed E-state index contributed by atoms with van der Waals surface area (Å²) in [4.78, 5) is 24.4. The van der Waals surface area contributed by atoms with Crippen molar-refractivity contribution in [1.82, 2.24) is 10.2 Å². The zero-order valence-electron chi connectivity index (χ0n) is 11.9. The molecule has 0 radical (unpaired) electrons. The first-order valence-corrected chi connectivity index (χ1v) is 7.68. The summed E-state index contributed by atoms with van der Waals surface area (Å²) in [5, 5.41) is 11.8. The number of carboxylic acids is 1. The van der Waals surface area contributed by atoms with Crippen molar-refractivity contribution in [1.29, 1.82) is 0 Å². The van der Waals surface area contributed by atoms with Crippen LogP contribution in [0.15, 0.2) is 0 Å². The van der Waals surface area contributed by atoms with Crippen LogP contribution < -0.4 is 5.32 Å². The van der Waals surface area contributed by atoms with Gasteiger partial charge in [-0.1, -0.05) is 20.8 Å². The minimum absolute atomic E-state index is 0.0710. The Balaban J connectivity index is 2.19. The summed E-state index contributed by atoms with van der Waals surface area (Å²) >= 11 is 1.82. The summed E-state index contributed by atoms with van der Waals surface area (Å²) in [5.74, 6) is -0.150. The third kappa shape index (κ3) is 6.18.